The lowest BCUT2D eigenvalue weighted by molar-refractivity contribution is 0.00501. The Morgan fingerprint density at radius 2 is 1.76 bits per heavy atom. The van der Waals surface area contributed by atoms with Gasteiger partial charge in [-0.3, -0.25) is 4.79 Å². The molecule has 0 spiro atoms. The molecule has 3 aromatic rings. The van der Waals surface area contributed by atoms with Crippen molar-refractivity contribution < 1.29 is 18.7 Å². The molecular weight excluding hydrogens is 414 g/mol. The van der Waals surface area contributed by atoms with Gasteiger partial charge in [-0.1, -0.05) is 32.0 Å². The Morgan fingerprint density at radius 3 is 2.42 bits per heavy atom. The number of ether oxygens (including phenoxy) is 2. The Hall–Kier alpha value is -2.63. The van der Waals surface area contributed by atoms with Crippen LogP contribution in [0.5, 0.6) is 5.75 Å². The molecule has 33 heavy (non-hydrogen) atoms. The summed E-state index contributed by atoms with van der Waals surface area (Å²) < 4.78 is 18.2. The molecule has 0 aliphatic rings. The van der Waals surface area contributed by atoms with E-state index in [4.69, 9.17) is 13.9 Å². The maximum absolute atomic E-state index is 13.8. The van der Waals surface area contributed by atoms with Gasteiger partial charge in [0.2, 0.25) is 0 Å². The van der Waals surface area contributed by atoms with E-state index in [9.17, 15) is 4.79 Å². The fourth-order valence-electron chi connectivity index (χ4n) is 4.15. The Morgan fingerprint density at radius 1 is 1.06 bits per heavy atom. The molecule has 1 aromatic heterocycles. The number of hydrogen-bond donors (Lipinski definition) is 1. The van der Waals surface area contributed by atoms with Gasteiger partial charge in [0.1, 0.15) is 23.7 Å². The first-order valence-electron chi connectivity index (χ1n) is 12.0. The second kappa shape index (κ2) is 11.5. The van der Waals surface area contributed by atoms with Gasteiger partial charge in [0.25, 0.3) is 0 Å². The zero-order valence-corrected chi connectivity index (χ0v) is 20.8. The number of furan rings is 1. The number of benzene rings is 2. The molecule has 0 bridgehead atoms. The lowest BCUT2D eigenvalue weighted by Crippen LogP contribution is -2.21. The molecule has 178 valence electrons. The standard InChI is InChI=1S/C28H37NO4/c1-7-20(5)32-21(6)17-25-26(23-11-9-10-12-24(23)33-25)27(30)22-15-18(3)28(19(4)16-22)31-14-13-29-8-2/h9-12,15-16,20-21,29H,7-8,13-14,17H2,1-6H3/t20-,21?/m0/s1. The van der Waals surface area contributed by atoms with Gasteiger partial charge in [-0.2, -0.15) is 0 Å². The highest BCUT2D eigenvalue weighted by atomic mass is 16.5. The van der Waals surface area contributed by atoms with E-state index in [1.165, 1.54) is 0 Å². The number of nitrogens with one attached hydrogen (secondary N) is 1. The minimum Gasteiger partial charge on any atom is -0.492 e. The summed E-state index contributed by atoms with van der Waals surface area (Å²) >= 11 is 0. The fraction of sp³-hybridized carbons (Fsp3) is 0.464. The average Bonchev–Trinajstić information content (AvgIpc) is 3.14. The van der Waals surface area contributed by atoms with Crippen molar-refractivity contribution in [2.24, 2.45) is 0 Å². The number of likely N-dealkylation sites (N-methyl/N-ethyl adjacent to an activating group) is 1. The summed E-state index contributed by atoms with van der Waals surface area (Å²) in [7, 11) is 0. The number of carbonyl (C=O) groups is 1. The first-order chi connectivity index (χ1) is 15.8. The van der Waals surface area contributed by atoms with Gasteiger partial charge in [0, 0.05) is 23.9 Å². The van der Waals surface area contributed by atoms with Crippen molar-refractivity contribution in [2.45, 2.75) is 66.6 Å². The van der Waals surface area contributed by atoms with E-state index < -0.39 is 0 Å². The van der Waals surface area contributed by atoms with Gasteiger partial charge in [-0.25, -0.2) is 0 Å². The zero-order valence-electron chi connectivity index (χ0n) is 20.8. The van der Waals surface area contributed by atoms with Gasteiger partial charge in [-0.15, -0.1) is 0 Å². The molecule has 2 atom stereocenters. The molecule has 1 heterocycles. The van der Waals surface area contributed by atoms with Crippen LogP contribution in [0, 0.1) is 13.8 Å². The van der Waals surface area contributed by atoms with Crippen LogP contribution in [0.4, 0.5) is 0 Å². The fourth-order valence-corrected chi connectivity index (χ4v) is 4.15. The van der Waals surface area contributed by atoms with Gasteiger partial charge < -0.3 is 19.2 Å². The van der Waals surface area contributed by atoms with Gasteiger partial charge >= 0.3 is 0 Å². The number of ketones is 1. The maximum Gasteiger partial charge on any atom is 0.197 e. The Bertz CT molecular complexity index is 1060. The summed E-state index contributed by atoms with van der Waals surface area (Å²) in [6, 6.07) is 11.6. The molecule has 0 saturated carbocycles. The monoisotopic (exact) mass is 451 g/mol. The van der Waals surface area contributed by atoms with Crippen LogP contribution in [0.15, 0.2) is 40.8 Å². The number of carbonyl (C=O) groups excluding carboxylic acids is 1. The van der Waals surface area contributed by atoms with Crippen LogP contribution >= 0.6 is 0 Å². The summed E-state index contributed by atoms with van der Waals surface area (Å²) in [5, 5.41) is 4.10. The quantitative estimate of drug-likeness (QED) is 0.270. The van der Waals surface area contributed by atoms with E-state index in [1.807, 2.05) is 57.2 Å². The molecule has 0 radical (unpaired) electrons. The van der Waals surface area contributed by atoms with Crippen molar-refractivity contribution in [1.82, 2.24) is 5.32 Å². The van der Waals surface area contributed by atoms with E-state index in [2.05, 4.69) is 26.1 Å². The van der Waals surface area contributed by atoms with Gasteiger partial charge in [-0.05, 0) is 70.0 Å². The van der Waals surface area contributed by atoms with Crippen LogP contribution in [-0.4, -0.2) is 37.7 Å². The van der Waals surface area contributed by atoms with Crippen LogP contribution in [-0.2, 0) is 11.2 Å². The summed E-state index contributed by atoms with van der Waals surface area (Å²) in [4.78, 5) is 13.8. The first kappa shape index (κ1) is 25.0. The molecule has 1 unspecified atom stereocenters. The molecule has 5 nitrogen and oxygen atoms in total. The number of para-hydroxylation sites is 1. The largest absolute Gasteiger partial charge is 0.492 e. The van der Waals surface area contributed by atoms with Crippen molar-refractivity contribution in [3.05, 3.63) is 64.4 Å². The average molecular weight is 452 g/mol. The van der Waals surface area contributed by atoms with E-state index >= 15 is 0 Å². The van der Waals surface area contributed by atoms with Crippen molar-refractivity contribution in [3.8, 4) is 5.75 Å². The van der Waals surface area contributed by atoms with Crippen molar-refractivity contribution >= 4 is 16.8 Å². The van der Waals surface area contributed by atoms with Crippen LogP contribution in [0.25, 0.3) is 11.0 Å². The summed E-state index contributed by atoms with van der Waals surface area (Å²) in [6.45, 7) is 14.5. The molecule has 3 rings (SSSR count). The molecule has 2 aromatic carbocycles. The number of fused-ring (bicyclic) bond motifs is 1. The van der Waals surface area contributed by atoms with Crippen LogP contribution < -0.4 is 10.1 Å². The molecule has 0 amide bonds. The third kappa shape index (κ3) is 6.04. The molecule has 0 fully saturated rings. The predicted molar refractivity (Wildman–Crippen MR) is 134 cm³/mol. The van der Waals surface area contributed by atoms with E-state index in [0.29, 0.717) is 29.9 Å². The second-order valence-corrected chi connectivity index (χ2v) is 8.74. The SMILES string of the molecule is CCNCCOc1c(C)cc(C(=O)c2c(CC(C)O[C@@H](C)CC)oc3ccccc23)cc1C. The third-order valence-electron chi connectivity index (χ3n) is 5.91. The van der Waals surface area contributed by atoms with Crippen LogP contribution in [0.2, 0.25) is 0 Å². The molecule has 1 N–H and O–H groups in total. The second-order valence-electron chi connectivity index (χ2n) is 8.74. The molecular formula is C28H37NO4. The molecule has 0 aliphatic carbocycles. The van der Waals surface area contributed by atoms with E-state index in [1.54, 1.807) is 0 Å². The molecule has 0 aliphatic heterocycles. The summed E-state index contributed by atoms with van der Waals surface area (Å²) in [5.74, 6) is 1.49. The number of hydrogen-bond acceptors (Lipinski definition) is 5. The lowest BCUT2D eigenvalue weighted by atomic mass is 9.95. The normalized spacial score (nSPS) is 13.3. The molecule has 0 saturated heterocycles. The Kier molecular flexibility index (Phi) is 8.70. The van der Waals surface area contributed by atoms with Gasteiger partial charge in [0.05, 0.1) is 17.8 Å². The van der Waals surface area contributed by atoms with Crippen molar-refractivity contribution in [1.29, 1.82) is 0 Å². The maximum atomic E-state index is 13.8. The Balaban J connectivity index is 1.93. The lowest BCUT2D eigenvalue weighted by Gasteiger charge is -2.17. The highest BCUT2D eigenvalue weighted by Gasteiger charge is 2.25. The first-order valence-corrected chi connectivity index (χ1v) is 12.0. The van der Waals surface area contributed by atoms with E-state index in [0.717, 1.165) is 47.4 Å². The van der Waals surface area contributed by atoms with E-state index in [-0.39, 0.29) is 18.0 Å². The predicted octanol–water partition coefficient (Wildman–Crippen LogP) is 6.02. The smallest absolute Gasteiger partial charge is 0.197 e. The molecule has 5 heteroatoms. The van der Waals surface area contributed by atoms with Gasteiger partial charge in [0.15, 0.2) is 5.78 Å². The minimum atomic E-state index is -0.0527. The third-order valence-corrected chi connectivity index (χ3v) is 5.91. The highest BCUT2D eigenvalue weighted by Crippen LogP contribution is 2.32. The summed E-state index contributed by atoms with van der Waals surface area (Å²) in [5.41, 5.74) is 3.91. The Labute approximate surface area is 197 Å². The highest BCUT2D eigenvalue weighted by molar-refractivity contribution is 6.17. The van der Waals surface area contributed by atoms with Crippen LogP contribution in [0.3, 0.4) is 0 Å². The zero-order chi connectivity index (χ0) is 24.0. The number of aryl methyl sites for hydroxylation is 2. The van der Waals surface area contributed by atoms with Crippen molar-refractivity contribution in [3.63, 3.8) is 0 Å². The van der Waals surface area contributed by atoms with Crippen LogP contribution in [0.1, 0.15) is 66.9 Å². The summed E-state index contributed by atoms with van der Waals surface area (Å²) in [6.07, 6.45) is 1.60. The topological polar surface area (TPSA) is 60.7 Å². The number of rotatable bonds is 12. The van der Waals surface area contributed by atoms with Crippen molar-refractivity contribution in [2.75, 3.05) is 19.7 Å². The minimum absolute atomic E-state index is 0.0314.